The molecular weight excluding hydrogens is 616 g/mol. The molecule has 0 heterocycles. The third-order valence-electron chi connectivity index (χ3n) is 11.3. The van der Waals surface area contributed by atoms with Gasteiger partial charge in [0, 0.05) is 24.1 Å². The highest BCUT2D eigenvalue weighted by Crippen LogP contribution is 2.48. The minimum atomic E-state index is -0.435. The number of ether oxygens (including phenoxy) is 1. The summed E-state index contributed by atoms with van der Waals surface area (Å²) >= 11 is 6.62. The molecule has 0 unspecified atom stereocenters. The molecule has 48 heavy (non-hydrogen) atoms. The third-order valence-corrected chi connectivity index (χ3v) is 11.8. The normalized spacial score (nSPS) is 22.5. The zero-order chi connectivity index (χ0) is 34.7. The molecule has 2 rings (SSSR count). The van der Waals surface area contributed by atoms with Crippen molar-refractivity contribution in [1.29, 1.82) is 0 Å². The number of hydrogen-bond acceptors (Lipinski definition) is 4. The fourth-order valence-corrected chi connectivity index (χ4v) is 8.11. The highest BCUT2D eigenvalue weighted by atomic mass is 35.5. The Morgan fingerprint density at radius 3 is 2.02 bits per heavy atom. The number of carbonyl (C=O) groups is 1. The summed E-state index contributed by atoms with van der Waals surface area (Å²) in [5, 5.41) is 21.3. The largest absolute Gasteiger partial charge is 0.452 e. The molecule has 0 radical (unpaired) electrons. The standard InChI is InChI=1S/C43H73ClO4/c1-3-5-6-7-8-9-10-11-12-13-14-15-16-17-18-19-20-23-26-35-48-42(47)32-25-22-21-24-29-37-38(40(45)36-39(37)44)30-27-31-41(46)43(4-2)33-28-34-43/h21,24,27,30,37-41,45-46H,3-20,22,25,28-29,31-36H2,1-2H3/b24-21-,30-27+/t37-,38-,39-,40-,41+/m1/s1. The monoisotopic (exact) mass is 689 g/mol. The molecule has 5 atom stereocenters. The Hall–Kier alpha value is -1.28. The predicted molar refractivity (Wildman–Crippen MR) is 204 cm³/mol. The van der Waals surface area contributed by atoms with E-state index < -0.39 is 6.10 Å². The third kappa shape index (κ3) is 18.1. The molecule has 2 aliphatic carbocycles. The van der Waals surface area contributed by atoms with E-state index in [0.29, 0.717) is 19.3 Å². The Balaban J connectivity index is 1.42. The average molecular weight is 690 g/mol. The number of carbonyl (C=O) groups excluding carboxylic acids is 1. The Morgan fingerprint density at radius 1 is 0.854 bits per heavy atom. The minimum Gasteiger partial charge on any atom is -0.452 e. The number of aliphatic hydroxyl groups is 2. The smallest absolute Gasteiger partial charge is 0.306 e. The topological polar surface area (TPSA) is 66.8 Å². The van der Waals surface area contributed by atoms with Gasteiger partial charge in [0.15, 0.2) is 6.61 Å². The molecule has 0 bridgehead atoms. The van der Waals surface area contributed by atoms with Gasteiger partial charge < -0.3 is 14.9 Å². The first-order valence-corrected chi connectivity index (χ1v) is 20.8. The van der Waals surface area contributed by atoms with E-state index in [-0.39, 0.29) is 41.3 Å². The van der Waals surface area contributed by atoms with Gasteiger partial charge in [0.1, 0.15) is 0 Å². The van der Waals surface area contributed by atoms with E-state index in [1.807, 2.05) is 0 Å². The molecule has 276 valence electrons. The number of esters is 1. The SMILES string of the molecule is CCCCCCCCCCCCCCCCCCC#CCOC(=O)CCC/C=C\C[C@@H]1[C@@H](/C=C/C[C@H](O)C2(CC)CCC2)[C@H](O)C[C@H]1Cl. The van der Waals surface area contributed by atoms with Gasteiger partial charge in [-0.1, -0.05) is 153 Å². The lowest BCUT2D eigenvalue weighted by molar-refractivity contribution is -0.142. The van der Waals surface area contributed by atoms with E-state index in [0.717, 1.165) is 51.4 Å². The molecule has 5 heteroatoms. The van der Waals surface area contributed by atoms with E-state index in [9.17, 15) is 15.0 Å². The second-order valence-electron chi connectivity index (χ2n) is 15.0. The Kier molecular flexibility index (Phi) is 24.5. The second kappa shape index (κ2) is 27.4. The maximum absolute atomic E-state index is 12.1. The molecule has 0 aromatic heterocycles. The summed E-state index contributed by atoms with van der Waals surface area (Å²) in [6.45, 7) is 4.65. The summed E-state index contributed by atoms with van der Waals surface area (Å²) in [5.74, 6) is 6.17. The number of rotatable bonds is 28. The first-order valence-electron chi connectivity index (χ1n) is 20.4. The van der Waals surface area contributed by atoms with Crippen molar-refractivity contribution in [3.05, 3.63) is 24.3 Å². The van der Waals surface area contributed by atoms with Crippen molar-refractivity contribution >= 4 is 17.6 Å². The summed E-state index contributed by atoms with van der Waals surface area (Å²) in [7, 11) is 0. The van der Waals surface area contributed by atoms with Gasteiger partial charge in [-0.05, 0) is 69.1 Å². The van der Waals surface area contributed by atoms with Crippen LogP contribution >= 0.6 is 11.6 Å². The fourth-order valence-electron chi connectivity index (χ4n) is 7.66. The first-order chi connectivity index (χ1) is 23.4. The number of halogens is 1. The van der Waals surface area contributed by atoms with Gasteiger partial charge in [0.2, 0.25) is 0 Å². The first kappa shape index (κ1) is 42.9. The van der Waals surface area contributed by atoms with Crippen LogP contribution in [0.3, 0.4) is 0 Å². The van der Waals surface area contributed by atoms with Crippen molar-refractivity contribution in [2.45, 2.75) is 205 Å². The lowest BCUT2D eigenvalue weighted by Crippen LogP contribution is -2.40. The van der Waals surface area contributed by atoms with Crippen molar-refractivity contribution < 1.29 is 19.7 Å². The van der Waals surface area contributed by atoms with Crippen LogP contribution in [0.15, 0.2) is 24.3 Å². The highest BCUT2D eigenvalue weighted by Gasteiger charge is 2.42. The van der Waals surface area contributed by atoms with Crippen molar-refractivity contribution in [2.75, 3.05) is 6.61 Å². The van der Waals surface area contributed by atoms with Crippen LogP contribution in [0.4, 0.5) is 0 Å². The molecule has 2 saturated carbocycles. The van der Waals surface area contributed by atoms with Crippen LogP contribution in [-0.2, 0) is 9.53 Å². The summed E-state index contributed by atoms with van der Waals surface area (Å²) in [6, 6.07) is 0. The molecule has 4 nitrogen and oxygen atoms in total. The lowest BCUT2D eigenvalue weighted by Gasteiger charge is -2.45. The van der Waals surface area contributed by atoms with Crippen LogP contribution < -0.4 is 0 Å². The maximum Gasteiger partial charge on any atom is 0.306 e. The summed E-state index contributed by atoms with van der Waals surface area (Å²) in [6.07, 6.45) is 39.0. The number of aliphatic hydroxyl groups excluding tert-OH is 2. The van der Waals surface area contributed by atoms with Gasteiger partial charge >= 0.3 is 5.97 Å². The minimum absolute atomic E-state index is 0.0171. The van der Waals surface area contributed by atoms with Gasteiger partial charge in [-0.2, -0.15) is 0 Å². The zero-order valence-electron chi connectivity index (χ0n) is 31.1. The molecule has 0 amide bonds. The predicted octanol–water partition coefficient (Wildman–Crippen LogP) is 11.8. The van der Waals surface area contributed by atoms with Crippen LogP contribution in [0.1, 0.15) is 187 Å². The molecule has 0 aromatic carbocycles. The molecular formula is C43H73ClO4. The molecule has 2 fully saturated rings. The van der Waals surface area contributed by atoms with Crippen LogP contribution in [0.5, 0.6) is 0 Å². The second-order valence-corrected chi connectivity index (χ2v) is 15.5. The zero-order valence-corrected chi connectivity index (χ0v) is 31.8. The number of allylic oxidation sites excluding steroid dienone is 2. The van der Waals surface area contributed by atoms with Crippen molar-refractivity contribution in [1.82, 2.24) is 0 Å². The maximum atomic E-state index is 12.1. The van der Waals surface area contributed by atoms with Crippen LogP contribution in [-0.4, -0.2) is 40.4 Å². The summed E-state index contributed by atoms with van der Waals surface area (Å²) < 4.78 is 5.29. The van der Waals surface area contributed by atoms with Gasteiger partial charge in [-0.3, -0.25) is 4.79 Å². The summed E-state index contributed by atoms with van der Waals surface area (Å²) in [5.41, 5.74) is 0.0978. The molecule has 0 aromatic rings. The average Bonchev–Trinajstić information content (AvgIpc) is 3.32. The Labute approximate surface area is 301 Å². The number of unbranched alkanes of at least 4 members (excludes halogenated alkanes) is 17. The number of hydrogen-bond donors (Lipinski definition) is 2. The lowest BCUT2D eigenvalue weighted by atomic mass is 9.63. The molecule has 2 aliphatic rings. The van der Waals surface area contributed by atoms with Gasteiger partial charge in [-0.15, -0.1) is 11.6 Å². The van der Waals surface area contributed by atoms with E-state index in [2.05, 4.69) is 50.0 Å². The van der Waals surface area contributed by atoms with E-state index >= 15 is 0 Å². The molecule has 2 N–H and O–H groups in total. The Bertz CT molecular complexity index is 923. The van der Waals surface area contributed by atoms with Crippen LogP contribution in [0.25, 0.3) is 0 Å². The molecule has 0 saturated heterocycles. The quantitative estimate of drug-likeness (QED) is 0.0282. The van der Waals surface area contributed by atoms with Gasteiger partial charge in [0.05, 0.1) is 12.2 Å². The van der Waals surface area contributed by atoms with E-state index in [4.69, 9.17) is 16.3 Å². The van der Waals surface area contributed by atoms with Crippen LogP contribution in [0, 0.1) is 29.1 Å². The number of alkyl halides is 1. The molecule has 0 aliphatic heterocycles. The van der Waals surface area contributed by atoms with Crippen molar-refractivity contribution in [3.63, 3.8) is 0 Å². The van der Waals surface area contributed by atoms with Crippen LogP contribution in [0.2, 0.25) is 0 Å². The fraction of sp³-hybridized carbons (Fsp3) is 0.837. The highest BCUT2D eigenvalue weighted by molar-refractivity contribution is 6.21. The van der Waals surface area contributed by atoms with E-state index in [1.165, 1.54) is 103 Å². The Morgan fingerprint density at radius 2 is 1.46 bits per heavy atom. The van der Waals surface area contributed by atoms with Gasteiger partial charge in [0.25, 0.3) is 0 Å². The molecule has 0 spiro atoms. The van der Waals surface area contributed by atoms with Crippen molar-refractivity contribution in [3.8, 4) is 11.8 Å². The van der Waals surface area contributed by atoms with E-state index in [1.54, 1.807) is 0 Å². The van der Waals surface area contributed by atoms with Crippen molar-refractivity contribution in [2.24, 2.45) is 17.3 Å². The summed E-state index contributed by atoms with van der Waals surface area (Å²) in [4.78, 5) is 12.1. The van der Waals surface area contributed by atoms with Gasteiger partial charge in [-0.25, -0.2) is 0 Å².